The summed E-state index contributed by atoms with van der Waals surface area (Å²) in [6, 6.07) is 11.1. The molecule has 0 saturated heterocycles. The molecule has 33 heavy (non-hydrogen) atoms. The number of rotatable bonds is 9. The average molecular weight is 599 g/mol. The summed E-state index contributed by atoms with van der Waals surface area (Å²) in [5.41, 5.74) is 5.83. The van der Waals surface area contributed by atoms with E-state index in [1.54, 1.807) is 17.0 Å². The molecule has 1 aromatic heterocycles. The Bertz CT molecular complexity index is 1180. The summed E-state index contributed by atoms with van der Waals surface area (Å²) in [6.07, 6.45) is 1.54. The number of hydrogen-bond acceptors (Lipinski definition) is 5. The van der Waals surface area contributed by atoms with Crippen LogP contribution in [0.2, 0.25) is 5.02 Å². The number of hydrogen-bond donors (Lipinski definition) is 1. The van der Waals surface area contributed by atoms with Gasteiger partial charge in [0.1, 0.15) is 13.2 Å². The second-order valence-electron chi connectivity index (χ2n) is 7.08. The molecule has 0 spiro atoms. The molecule has 1 N–H and O–H groups in total. The van der Waals surface area contributed by atoms with Gasteiger partial charge in [-0.25, -0.2) is 5.43 Å². The first-order valence-corrected chi connectivity index (χ1v) is 12.1. The highest BCUT2D eigenvalue weighted by Crippen LogP contribution is 2.37. The molecule has 7 nitrogen and oxygen atoms in total. The van der Waals surface area contributed by atoms with Crippen LogP contribution in [0.1, 0.15) is 29.4 Å². The van der Waals surface area contributed by atoms with Crippen LogP contribution in [0.4, 0.5) is 0 Å². The van der Waals surface area contributed by atoms with E-state index in [1.807, 2.05) is 51.1 Å². The highest BCUT2D eigenvalue weighted by atomic mass is 79.9. The molecule has 0 atom stereocenters. The zero-order valence-electron chi connectivity index (χ0n) is 18.4. The van der Waals surface area contributed by atoms with Gasteiger partial charge in [-0.2, -0.15) is 10.2 Å². The Labute approximate surface area is 214 Å². The van der Waals surface area contributed by atoms with Crippen LogP contribution >= 0.6 is 43.5 Å². The van der Waals surface area contributed by atoms with E-state index in [2.05, 4.69) is 47.5 Å². The van der Waals surface area contributed by atoms with Crippen LogP contribution in [0.3, 0.4) is 0 Å². The molecule has 0 unspecified atom stereocenters. The van der Waals surface area contributed by atoms with E-state index in [0.717, 1.165) is 27.0 Å². The predicted octanol–water partition coefficient (Wildman–Crippen LogP) is 5.81. The van der Waals surface area contributed by atoms with Gasteiger partial charge in [-0.3, -0.25) is 9.48 Å². The van der Waals surface area contributed by atoms with Crippen molar-refractivity contribution in [2.45, 2.75) is 33.9 Å². The number of carbonyl (C=O) groups is 1. The minimum absolute atomic E-state index is 0.0678. The summed E-state index contributed by atoms with van der Waals surface area (Å²) >= 11 is 13.2. The number of carbonyl (C=O) groups excluding carboxylic acids is 1. The van der Waals surface area contributed by atoms with Gasteiger partial charge in [0, 0.05) is 10.6 Å². The van der Waals surface area contributed by atoms with E-state index in [1.165, 1.54) is 0 Å². The van der Waals surface area contributed by atoms with Gasteiger partial charge in [-0.05, 0) is 76.4 Å². The lowest BCUT2D eigenvalue weighted by Crippen LogP contribution is -2.24. The standard InChI is InChI=1S/C23H23Br2ClN4O3/c1-4-32-20-10-16(9-18(24)23(20)33-13-17-7-5-6-8-19(17)26)11-27-28-21(31)12-30-15(3)22(25)14(2)29-30/h5-11H,4,12-13H2,1-3H3,(H,28,31)/b27-11+. The lowest BCUT2D eigenvalue weighted by Gasteiger charge is -2.15. The van der Waals surface area contributed by atoms with Crippen molar-refractivity contribution in [1.29, 1.82) is 0 Å². The average Bonchev–Trinajstić information content (AvgIpc) is 3.01. The molecule has 0 radical (unpaired) electrons. The Hall–Kier alpha value is -2.36. The van der Waals surface area contributed by atoms with Crippen molar-refractivity contribution in [3.8, 4) is 11.5 Å². The van der Waals surface area contributed by atoms with Gasteiger partial charge in [0.25, 0.3) is 5.91 Å². The molecule has 0 aliphatic carbocycles. The first-order chi connectivity index (χ1) is 15.8. The van der Waals surface area contributed by atoms with Crippen LogP contribution in [0.5, 0.6) is 11.5 Å². The molecule has 174 valence electrons. The SMILES string of the molecule is CCOc1cc(/C=N/NC(=O)Cn2nc(C)c(Br)c2C)cc(Br)c1OCc1ccccc1Cl. The van der Waals surface area contributed by atoms with Crippen molar-refractivity contribution in [3.63, 3.8) is 0 Å². The highest BCUT2D eigenvalue weighted by molar-refractivity contribution is 9.10. The Morgan fingerprint density at radius 2 is 2.00 bits per heavy atom. The summed E-state index contributed by atoms with van der Waals surface area (Å²) in [5.74, 6) is 0.834. The number of nitrogens with one attached hydrogen (secondary N) is 1. The monoisotopic (exact) mass is 596 g/mol. The third-order valence-corrected chi connectivity index (χ3v) is 6.76. The lowest BCUT2D eigenvalue weighted by molar-refractivity contribution is -0.121. The van der Waals surface area contributed by atoms with Gasteiger partial charge in [0.05, 0.1) is 33.2 Å². The minimum atomic E-state index is -0.284. The summed E-state index contributed by atoms with van der Waals surface area (Å²) in [5, 5.41) is 9.03. The normalized spacial score (nSPS) is 11.1. The molecule has 0 fully saturated rings. The lowest BCUT2D eigenvalue weighted by atomic mass is 10.2. The van der Waals surface area contributed by atoms with Crippen LogP contribution < -0.4 is 14.9 Å². The first kappa shape index (κ1) is 25.3. The number of amides is 1. The number of ether oxygens (including phenoxy) is 2. The second kappa shape index (κ2) is 11.7. The molecule has 3 rings (SSSR count). The zero-order valence-corrected chi connectivity index (χ0v) is 22.3. The molecule has 2 aromatic carbocycles. The molecule has 0 aliphatic rings. The highest BCUT2D eigenvalue weighted by Gasteiger charge is 2.14. The van der Waals surface area contributed by atoms with Crippen molar-refractivity contribution >= 4 is 55.6 Å². The number of aryl methyl sites for hydroxylation is 1. The molecule has 1 amide bonds. The number of nitrogens with zero attached hydrogens (tertiary/aromatic N) is 3. The Morgan fingerprint density at radius 1 is 1.24 bits per heavy atom. The van der Waals surface area contributed by atoms with Crippen molar-refractivity contribution in [1.82, 2.24) is 15.2 Å². The summed E-state index contributed by atoms with van der Waals surface area (Å²) in [4.78, 5) is 12.2. The molecular weight excluding hydrogens is 576 g/mol. The van der Waals surface area contributed by atoms with E-state index in [9.17, 15) is 4.79 Å². The van der Waals surface area contributed by atoms with Gasteiger partial charge in [0.15, 0.2) is 11.5 Å². The maximum atomic E-state index is 12.2. The van der Waals surface area contributed by atoms with E-state index in [-0.39, 0.29) is 12.5 Å². The van der Waals surface area contributed by atoms with E-state index >= 15 is 0 Å². The smallest absolute Gasteiger partial charge is 0.261 e. The Morgan fingerprint density at radius 3 is 2.67 bits per heavy atom. The molecule has 10 heteroatoms. The van der Waals surface area contributed by atoms with Gasteiger partial charge >= 0.3 is 0 Å². The largest absolute Gasteiger partial charge is 0.490 e. The Kier molecular flexibility index (Phi) is 8.94. The van der Waals surface area contributed by atoms with Crippen molar-refractivity contribution in [2.24, 2.45) is 5.10 Å². The fourth-order valence-electron chi connectivity index (χ4n) is 3.01. The molecule has 0 bridgehead atoms. The number of halogens is 3. The van der Waals surface area contributed by atoms with Crippen molar-refractivity contribution in [3.05, 3.63) is 72.9 Å². The quantitative estimate of drug-likeness (QED) is 0.249. The third-order valence-electron chi connectivity index (χ3n) is 4.65. The maximum absolute atomic E-state index is 12.2. The first-order valence-electron chi connectivity index (χ1n) is 10.1. The molecule has 3 aromatic rings. The van der Waals surface area contributed by atoms with Crippen molar-refractivity contribution < 1.29 is 14.3 Å². The van der Waals surface area contributed by atoms with Crippen LogP contribution in [0, 0.1) is 13.8 Å². The number of hydrazone groups is 1. The van der Waals surface area contributed by atoms with Crippen LogP contribution in [0.15, 0.2) is 50.4 Å². The third kappa shape index (κ3) is 6.59. The van der Waals surface area contributed by atoms with Crippen molar-refractivity contribution in [2.75, 3.05) is 6.61 Å². The second-order valence-corrected chi connectivity index (χ2v) is 9.13. The fraction of sp³-hybridized carbons (Fsp3) is 0.261. The molecular formula is C23H23Br2ClN4O3. The topological polar surface area (TPSA) is 77.7 Å². The fourth-order valence-corrected chi connectivity index (χ4v) is 4.06. The van der Waals surface area contributed by atoms with Crippen LogP contribution in [0.25, 0.3) is 0 Å². The Balaban J connectivity index is 1.68. The zero-order chi connectivity index (χ0) is 24.0. The summed E-state index contributed by atoms with van der Waals surface area (Å²) in [6.45, 7) is 6.49. The van der Waals surface area contributed by atoms with Crippen LogP contribution in [-0.2, 0) is 17.9 Å². The van der Waals surface area contributed by atoms with Gasteiger partial charge in [0.2, 0.25) is 0 Å². The van der Waals surface area contributed by atoms with Gasteiger partial charge in [-0.15, -0.1) is 0 Å². The molecule has 1 heterocycles. The minimum Gasteiger partial charge on any atom is -0.490 e. The predicted molar refractivity (Wildman–Crippen MR) is 136 cm³/mol. The van der Waals surface area contributed by atoms with E-state index in [4.69, 9.17) is 21.1 Å². The van der Waals surface area contributed by atoms with Crippen LogP contribution in [-0.4, -0.2) is 28.5 Å². The number of benzene rings is 2. The number of aromatic nitrogens is 2. The van der Waals surface area contributed by atoms with Gasteiger partial charge in [-0.1, -0.05) is 29.8 Å². The van der Waals surface area contributed by atoms with E-state index in [0.29, 0.717) is 34.2 Å². The molecule has 0 saturated carbocycles. The molecule has 0 aliphatic heterocycles. The maximum Gasteiger partial charge on any atom is 0.261 e. The summed E-state index contributed by atoms with van der Waals surface area (Å²) < 4.78 is 15.0. The summed E-state index contributed by atoms with van der Waals surface area (Å²) in [7, 11) is 0. The van der Waals surface area contributed by atoms with E-state index < -0.39 is 0 Å². The van der Waals surface area contributed by atoms with Gasteiger partial charge < -0.3 is 9.47 Å².